The van der Waals surface area contributed by atoms with E-state index in [0.717, 1.165) is 79.1 Å². The minimum absolute atomic E-state index is 0.0165. The Morgan fingerprint density at radius 3 is 2.15 bits per heavy atom. The number of methoxy groups -OCH3 is 2. The number of hydrogen-bond acceptors (Lipinski definition) is 6. The van der Waals surface area contributed by atoms with E-state index in [2.05, 4.69) is 67.0 Å². The molecule has 3 aromatic rings. The molecule has 9 heteroatoms. The summed E-state index contributed by atoms with van der Waals surface area (Å²) in [6.07, 6.45) is 7.81. The summed E-state index contributed by atoms with van der Waals surface area (Å²) in [6, 6.07) is 0. The van der Waals surface area contributed by atoms with E-state index >= 15 is 0 Å². The van der Waals surface area contributed by atoms with E-state index in [1.807, 2.05) is 19.9 Å². The van der Waals surface area contributed by atoms with Gasteiger partial charge in [0.25, 0.3) is 0 Å². The number of esters is 2. The van der Waals surface area contributed by atoms with E-state index in [-0.39, 0.29) is 36.0 Å². The first-order valence-electron chi connectivity index (χ1n) is 16.0. The number of rotatable bonds is 7. The van der Waals surface area contributed by atoms with Gasteiger partial charge in [0.05, 0.1) is 25.8 Å². The van der Waals surface area contributed by atoms with Crippen LogP contribution in [0.2, 0.25) is 0 Å². The van der Waals surface area contributed by atoms with Crippen LogP contribution in [0.3, 0.4) is 0 Å². The lowest BCUT2D eigenvalue weighted by Gasteiger charge is -2.22. The Labute approximate surface area is 270 Å². The van der Waals surface area contributed by atoms with Crippen molar-refractivity contribution in [1.82, 2.24) is 20.3 Å². The molecular weight excluding hydrogens is 580 g/mol. The molecule has 4 N–H and O–H groups in total. The molecule has 5 heterocycles. The van der Waals surface area contributed by atoms with Crippen LogP contribution < -0.4 is 16.0 Å². The van der Waals surface area contributed by atoms with Crippen LogP contribution in [-0.4, -0.2) is 46.9 Å². The number of aromatic amines is 3. The maximum atomic E-state index is 13.3. The number of fused-ring (bicyclic) bond motifs is 8. The molecule has 0 aliphatic carbocycles. The molecule has 0 amide bonds. The summed E-state index contributed by atoms with van der Waals surface area (Å²) in [6.45, 7) is 16.0. The fraction of sp³-hybridized carbons (Fsp3) is 0.432. The van der Waals surface area contributed by atoms with Crippen LogP contribution in [-0.2, 0) is 25.5 Å². The van der Waals surface area contributed by atoms with E-state index < -0.39 is 5.92 Å². The first-order chi connectivity index (χ1) is 21.8. The molecule has 3 atom stereocenters. The lowest BCUT2D eigenvalue weighted by Crippen LogP contribution is -2.21. The number of carbonyl (C=O) groups excluding carboxylic acids is 3. The van der Waals surface area contributed by atoms with Gasteiger partial charge in [0, 0.05) is 68.6 Å². The number of ether oxygens (including phenoxy) is 2. The largest absolute Gasteiger partial charge is 0.469 e. The third-order valence-corrected chi connectivity index (χ3v) is 10.1. The number of nitrogens with one attached hydrogen (secondary N) is 4. The van der Waals surface area contributed by atoms with Gasteiger partial charge in [-0.25, -0.2) is 0 Å². The zero-order valence-electron chi connectivity index (χ0n) is 28.6. The van der Waals surface area contributed by atoms with Gasteiger partial charge in [0.2, 0.25) is 0 Å². The van der Waals surface area contributed by atoms with Crippen molar-refractivity contribution in [1.29, 1.82) is 0 Å². The summed E-state index contributed by atoms with van der Waals surface area (Å²) in [5.74, 6) is -1.41. The van der Waals surface area contributed by atoms with Crippen molar-refractivity contribution in [3.63, 3.8) is 0 Å². The zero-order valence-corrected chi connectivity index (χ0v) is 28.6. The van der Waals surface area contributed by atoms with Crippen molar-refractivity contribution < 1.29 is 23.9 Å². The number of aromatic nitrogens is 3. The fourth-order valence-electron chi connectivity index (χ4n) is 7.23. The molecule has 1 saturated heterocycles. The molecule has 3 aromatic heterocycles. The molecule has 0 aromatic carbocycles. The molecule has 2 aliphatic heterocycles. The number of allylic oxidation sites excluding steroid dienone is 2. The number of Topliss-reactive ketones (excluding diaryl/α,β-unsaturated/α-hetero) is 1. The molecule has 5 rings (SSSR count). The SMILES string of the molecule is CCc1c(C)c2[nH]c1=Cc1[nH]c(c(C)c1C)C(C(C)C(=O)OC)=C1NC(=Cc3[nH]c(c(C(C)=O)c3C)C=2)C(C)C1CCC(=O)OC. The molecule has 9 nitrogen and oxygen atoms in total. The highest BCUT2D eigenvalue weighted by Crippen LogP contribution is 2.44. The number of ketones is 1. The summed E-state index contributed by atoms with van der Waals surface area (Å²) >= 11 is 0. The highest BCUT2D eigenvalue weighted by molar-refractivity contribution is 6.00. The molecule has 2 aliphatic rings. The lowest BCUT2D eigenvalue weighted by molar-refractivity contribution is -0.143. The van der Waals surface area contributed by atoms with Gasteiger partial charge in [-0.15, -0.1) is 0 Å². The van der Waals surface area contributed by atoms with Crippen molar-refractivity contribution in [2.24, 2.45) is 17.8 Å². The van der Waals surface area contributed by atoms with Crippen LogP contribution in [0, 0.1) is 45.4 Å². The fourth-order valence-corrected chi connectivity index (χ4v) is 7.23. The third kappa shape index (κ3) is 5.56. The van der Waals surface area contributed by atoms with Crippen molar-refractivity contribution in [2.75, 3.05) is 14.2 Å². The predicted molar refractivity (Wildman–Crippen MR) is 180 cm³/mol. The van der Waals surface area contributed by atoms with Crippen LogP contribution in [0.4, 0.5) is 0 Å². The number of hydrogen-bond donors (Lipinski definition) is 4. The van der Waals surface area contributed by atoms with E-state index in [1.165, 1.54) is 19.8 Å². The Morgan fingerprint density at radius 1 is 0.848 bits per heavy atom. The highest BCUT2D eigenvalue weighted by Gasteiger charge is 2.38. The summed E-state index contributed by atoms with van der Waals surface area (Å²) in [5, 5.41) is 5.63. The van der Waals surface area contributed by atoms with Crippen LogP contribution in [0.1, 0.15) is 101 Å². The second-order valence-corrected chi connectivity index (χ2v) is 12.7. The maximum absolute atomic E-state index is 13.3. The standard InChI is InChI=1S/C37H46N4O5/c1-11-24-19(4)27-16-31-33(23(8)42)21(6)29(39-31)14-28-20(5)25(12-13-32(43)45-9)36(41-28)34(22(7)37(44)46-10)35-18(3)17(2)26(40-35)15-30(24)38-27/h14-16,20,22,25,38-41H,11-13H2,1-10H3. The van der Waals surface area contributed by atoms with Gasteiger partial charge in [-0.3, -0.25) is 14.4 Å². The Morgan fingerprint density at radius 2 is 1.52 bits per heavy atom. The van der Waals surface area contributed by atoms with Crippen molar-refractivity contribution >= 4 is 41.5 Å². The van der Waals surface area contributed by atoms with Crippen molar-refractivity contribution in [3.05, 3.63) is 78.2 Å². The van der Waals surface area contributed by atoms with Gasteiger partial charge in [-0.05, 0) is 100 Å². The lowest BCUT2D eigenvalue weighted by atomic mass is 9.83. The Balaban J connectivity index is 1.92. The van der Waals surface area contributed by atoms with Crippen LogP contribution >= 0.6 is 0 Å². The molecule has 1 fully saturated rings. The van der Waals surface area contributed by atoms with Crippen LogP contribution in [0.25, 0.3) is 23.8 Å². The Bertz CT molecular complexity index is 1930. The minimum Gasteiger partial charge on any atom is -0.469 e. The van der Waals surface area contributed by atoms with E-state index in [1.54, 1.807) is 6.92 Å². The number of carbonyl (C=O) groups is 3. The topological polar surface area (TPSA) is 129 Å². The normalized spacial score (nSPS) is 17.9. The summed E-state index contributed by atoms with van der Waals surface area (Å²) < 4.78 is 10.3. The molecule has 46 heavy (non-hydrogen) atoms. The Kier molecular flexibility index (Phi) is 9.07. The van der Waals surface area contributed by atoms with E-state index in [4.69, 9.17) is 9.47 Å². The number of H-pyrrole nitrogens is 3. The minimum atomic E-state index is -0.605. The molecule has 3 unspecified atom stereocenters. The molecule has 8 bridgehead atoms. The second-order valence-electron chi connectivity index (χ2n) is 12.7. The summed E-state index contributed by atoms with van der Waals surface area (Å²) in [4.78, 5) is 49.5. The second kappa shape index (κ2) is 12.7. The molecule has 0 saturated carbocycles. The van der Waals surface area contributed by atoms with Gasteiger partial charge in [0.15, 0.2) is 5.78 Å². The average Bonchev–Trinajstić information content (AvgIpc) is 3.69. The van der Waals surface area contributed by atoms with Gasteiger partial charge in [0.1, 0.15) is 0 Å². The Hall–Kier alpha value is -4.53. The van der Waals surface area contributed by atoms with Gasteiger partial charge >= 0.3 is 11.9 Å². The van der Waals surface area contributed by atoms with E-state index in [0.29, 0.717) is 12.0 Å². The third-order valence-electron chi connectivity index (χ3n) is 10.1. The van der Waals surface area contributed by atoms with E-state index in [9.17, 15) is 14.4 Å². The van der Waals surface area contributed by atoms with Crippen LogP contribution in [0.15, 0.2) is 11.4 Å². The smallest absolute Gasteiger partial charge is 0.312 e. The van der Waals surface area contributed by atoms with Crippen molar-refractivity contribution in [2.45, 2.75) is 74.7 Å². The van der Waals surface area contributed by atoms with Gasteiger partial charge in [-0.2, -0.15) is 0 Å². The van der Waals surface area contributed by atoms with Gasteiger partial charge < -0.3 is 29.7 Å². The van der Waals surface area contributed by atoms with Crippen LogP contribution in [0.5, 0.6) is 0 Å². The monoisotopic (exact) mass is 626 g/mol. The first-order valence-corrected chi connectivity index (χ1v) is 16.0. The van der Waals surface area contributed by atoms with Crippen molar-refractivity contribution in [3.8, 4) is 0 Å². The average molecular weight is 627 g/mol. The highest BCUT2D eigenvalue weighted by atomic mass is 16.5. The first kappa shape index (κ1) is 32.9. The molecule has 0 spiro atoms. The molecular formula is C37H46N4O5. The summed E-state index contributed by atoms with van der Waals surface area (Å²) in [5.41, 5.74) is 11.9. The summed E-state index contributed by atoms with van der Waals surface area (Å²) in [7, 11) is 2.80. The predicted octanol–water partition coefficient (Wildman–Crippen LogP) is 5.01. The van der Waals surface area contributed by atoms with Gasteiger partial charge in [-0.1, -0.05) is 13.8 Å². The molecule has 0 radical (unpaired) electrons. The molecule has 244 valence electrons. The quantitative estimate of drug-likeness (QED) is 0.216. The zero-order chi connectivity index (χ0) is 33.6. The maximum Gasteiger partial charge on any atom is 0.312 e.